The maximum Gasteiger partial charge on any atom is 1.00 e. The Kier molecular flexibility index (Phi) is 7.45. The molecular formula is C22H27NaO4. The summed E-state index contributed by atoms with van der Waals surface area (Å²) < 4.78 is 5.04. The van der Waals surface area contributed by atoms with Crippen LogP contribution in [0, 0.1) is 0 Å². The molecule has 0 bridgehead atoms. The molecule has 27 heavy (non-hydrogen) atoms. The molecular weight excluding hydrogens is 351 g/mol. The van der Waals surface area contributed by atoms with Crippen LogP contribution in [0.1, 0.15) is 74.8 Å². The molecule has 0 aliphatic carbocycles. The Balaban J connectivity index is 0.00000364. The van der Waals surface area contributed by atoms with Gasteiger partial charge in [-0.15, -0.1) is 0 Å². The van der Waals surface area contributed by atoms with Gasteiger partial charge in [0.1, 0.15) is 5.75 Å². The summed E-state index contributed by atoms with van der Waals surface area (Å²) in [4.78, 5) is 24.7. The van der Waals surface area contributed by atoms with Gasteiger partial charge in [-0.3, -0.25) is 0 Å². The van der Waals surface area contributed by atoms with E-state index in [9.17, 15) is 14.7 Å². The van der Waals surface area contributed by atoms with Crippen LogP contribution in [0.15, 0.2) is 42.5 Å². The number of phenols is 1. The second kappa shape index (κ2) is 8.59. The molecule has 2 aromatic rings. The third-order valence-corrected chi connectivity index (χ3v) is 4.16. The van der Waals surface area contributed by atoms with Crippen LogP contribution in [0.2, 0.25) is 0 Å². The molecule has 0 spiro atoms. The molecule has 0 aliphatic heterocycles. The smallest absolute Gasteiger partial charge is 1.00 e. The third-order valence-electron chi connectivity index (χ3n) is 4.16. The standard InChI is InChI=1S/C22H26O4.Na.H/c1-21(2,3)16-12-15(13-17(18(16)23)22(4,5)6)20(25)26-19(24)14-10-8-7-9-11-14;;/h7-13,23H,1-6H3;;/q;+1;-1. The molecule has 0 amide bonds. The van der Waals surface area contributed by atoms with Crippen molar-refractivity contribution in [2.45, 2.75) is 52.4 Å². The van der Waals surface area contributed by atoms with Gasteiger partial charge >= 0.3 is 41.5 Å². The van der Waals surface area contributed by atoms with Gasteiger partial charge in [-0.2, -0.15) is 0 Å². The van der Waals surface area contributed by atoms with Crippen molar-refractivity contribution in [3.05, 3.63) is 64.7 Å². The van der Waals surface area contributed by atoms with E-state index >= 15 is 0 Å². The fourth-order valence-electron chi connectivity index (χ4n) is 2.67. The summed E-state index contributed by atoms with van der Waals surface area (Å²) >= 11 is 0. The molecule has 0 fully saturated rings. The van der Waals surface area contributed by atoms with Gasteiger partial charge in [-0.1, -0.05) is 59.7 Å². The van der Waals surface area contributed by atoms with Crippen molar-refractivity contribution in [3.63, 3.8) is 0 Å². The first-order chi connectivity index (χ1) is 11.9. The van der Waals surface area contributed by atoms with Gasteiger partial charge in [0.25, 0.3) is 0 Å². The second-order valence-corrected chi connectivity index (χ2v) is 8.46. The molecule has 0 radical (unpaired) electrons. The number of benzene rings is 2. The monoisotopic (exact) mass is 378 g/mol. The summed E-state index contributed by atoms with van der Waals surface area (Å²) in [6, 6.07) is 11.6. The summed E-state index contributed by atoms with van der Waals surface area (Å²) in [5, 5.41) is 10.7. The van der Waals surface area contributed by atoms with Crippen LogP contribution in [0.4, 0.5) is 0 Å². The zero-order chi connectivity index (χ0) is 19.7. The fourth-order valence-corrected chi connectivity index (χ4v) is 2.67. The van der Waals surface area contributed by atoms with E-state index in [0.717, 1.165) is 0 Å². The number of hydrogen-bond donors (Lipinski definition) is 1. The summed E-state index contributed by atoms with van der Waals surface area (Å²) in [5.41, 5.74) is 1.11. The molecule has 0 aromatic heterocycles. The van der Waals surface area contributed by atoms with Crippen molar-refractivity contribution in [1.29, 1.82) is 0 Å². The SMILES string of the molecule is CC(C)(C)c1cc(C(=O)OC(=O)c2ccccc2)cc(C(C)(C)C)c1O.[H-].[Na+]. The number of rotatable bonds is 2. The number of ether oxygens (including phenoxy) is 1. The number of hydrogen-bond acceptors (Lipinski definition) is 4. The van der Waals surface area contributed by atoms with Crippen LogP contribution in [-0.2, 0) is 15.6 Å². The number of carbonyl (C=O) groups excluding carboxylic acids is 2. The van der Waals surface area contributed by atoms with E-state index in [2.05, 4.69) is 0 Å². The van der Waals surface area contributed by atoms with Crippen molar-refractivity contribution < 1.29 is 50.4 Å². The van der Waals surface area contributed by atoms with Gasteiger partial charge < -0.3 is 11.3 Å². The van der Waals surface area contributed by atoms with Gasteiger partial charge in [0, 0.05) is 11.1 Å². The van der Waals surface area contributed by atoms with E-state index in [1.54, 1.807) is 42.5 Å². The molecule has 2 rings (SSSR count). The first-order valence-corrected chi connectivity index (χ1v) is 8.61. The molecule has 0 unspecified atom stereocenters. The maximum absolute atomic E-state index is 12.6. The average Bonchev–Trinajstić information content (AvgIpc) is 2.53. The van der Waals surface area contributed by atoms with Gasteiger partial charge in [-0.25, -0.2) is 9.59 Å². The normalized spacial score (nSPS) is 11.5. The number of phenolic OH excluding ortho intramolecular Hbond substituents is 1. The van der Waals surface area contributed by atoms with Crippen molar-refractivity contribution in [2.75, 3.05) is 0 Å². The first kappa shape index (κ1) is 23.4. The molecule has 2 aromatic carbocycles. The maximum atomic E-state index is 12.6. The first-order valence-electron chi connectivity index (χ1n) is 8.61. The molecule has 0 aliphatic rings. The van der Waals surface area contributed by atoms with Crippen LogP contribution in [0.5, 0.6) is 5.75 Å². The minimum Gasteiger partial charge on any atom is -1.00 e. The van der Waals surface area contributed by atoms with Gasteiger partial charge in [0.05, 0.1) is 11.1 Å². The van der Waals surface area contributed by atoms with Gasteiger partial charge in [0.15, 0.2) is 0 Å². The van der Waals surface area contributed by atoms with E-state index in [1.807, 2.05) is 41.5 Å². The number of aromatic hydroxyl groups is 1. The van der Waals surface area contributed by atoms with Crippen LogP contribution >= 0.6 is 0 Å². The van der Waals surface area contributed by atoms with Crippen molar-refractivity contribution in [3.8, 4) is 5.75 Å². The summed E-state index contributed by atoms with van der Waals surface area (Å²) in [5.74, 6) is -1.25. The van der Waals surface area contributed by atoms with Crippen LogP contribution in [-0.4, -0.2) is 17.0 Å². The molecule has 1 N–H and O–H groups in total. The van der Waals surface area contributed by atoms with E-state index in [-0.39, 0.29) is 53.1 Å². The Morgan fingerprint density at radius 1 is 0.815 bits per heavy atom. The van der Waals surface area contributed by atoms with Crippen LogP contribution in [0.25, 0.3) is 0 Å². The van der Waals surface area contributed by atoms with Crippen molar-refractivity contribution >= 4 is 11.9 Å². The van der Waals surface area contributed by atoms with Gasteiger partial charge in [-0.05, 0) is 35.1 Å². The molecule has 0 saturated heterocycles. The van der Waals surface area contributed by atoms with Crippen LogP contribution in [0.3, 0.4) is 0 Å². The summed E-state index contributed by atoms with van der Waals surface area (Å²) in [7, 11) is 0. The molecule has 140 valence electrons. The topological polar surface area (TPSA) is 63.6 Å². The Bertz CT molecular complexity index is 799. The number of carbonyl (C=O) groups is 2. The van der Waals surface area contributed by atoms with Crippen molar-refractivity contribution in [2.24, 2.45) is 0 Å². The second-order valence-electron chi connectivity index (χ2n) is 8.46. The predicted octanol–water partition coefficient (Wildman–Crippen LogP) is 2.10. The van der Waals surface area contributed by atoms with Gasteiger partial charge in [0.2, 0.25) is 0 Å². The Labute approximate surface area is 184 Å². The Morgan fingerprint density at radius 2 is 1.22 bits per heavy atom. The average molecular weight is 378 g/mol. The quantitative estimate of drug-likeness (QED) is 0.494. The zero-order valence-corrected chi connectivity index (χ0v) is 19.2. The molecule has 4 nitrogen and oxygen atoms in total. The fraction of sp³-hybridized carbons (Fsp3) is 0.364. The summed E-state index contributed by atoms with van der Waals surface area (Å²) in [6.07, 6.45) is 0. The third kappa shape index (κ3) is 5.68. The molecule has 0 saturated carbocycles. The van der Waals surface area contributed by atoms with Crippen molar-refractivity contribution in [1.82, 2.24) is 0 Å². The zero-order valence-electron chi connectivity index (χ0n) is 18.2. The molecule has 0 atom stereocenters. The van der Waals surface area contributed by atoms with E-state index in [0.29, 0.717) is 16.7 Å². The predicted molar refractivity (Wildman–Crippen MR) is 103 cm³/mol. The summed E-state index contributed by atoms with van der Waals surface area (Å²) in [6.45, 7) is 11.7. The number of esters is 2. The molecule has 0 heterocycles. The van der Waals surface area contributed by atoms with E-state index < -0.39 is 11.9 Å². The van der Waals surface area contributed by atoms with Crippen LogP contribution < -0.4 is 29.6 Å². The minimum absolute atomic E-state index is 0. The Morgan fingerprint density at radius 3 is 1.63 bits per heavy atom. The molecule has 5 heteroatoms. The Hall–Kier alpha value is -1.62. The van der Waals surface area contributed by atoms with E-state index in [4.69, 9.17) is 4.74 Å². The largest absolute Gasteiger partial charge is 1.00 e. The van der Waals surface area contributed by atoms with E-state index in [1.165, 1.54) is 0 Å². The minimum atomic E-state index is -0.727.